The number of rotatable bonds is 6. The number of amides is 4. The van der Waals surface area contributed by atoms with Crippen LogP contribution < -0.4 is 10.1 Å². The Hall–Kier alpha value is -2.57. The van der Waals surface area contributed by atoms with Crippen LogP contribution in [0.4, 0.5) is 4.79 Å². The van der Waals surface area contributed by atoms with E-state index < -0.39 is 12.1 Å². The predicted molar refractivity (Wildman–Crippen MR) is 100 cm³/mol. The lowest BCUT2D eigenvalue weighted by atomic mass is 10.1. The number of hydrogen-bond donors (Lipinski definition) is 1. The number of hydrogen-bond acceptors (Lipinski definition) is 4. The highest BCUT2D eigenvalue weighted by Gasteiger charge is 2.39. The highest BCUT2D eigenvalue weighted by molar-refractivity contribution is 6.05. The molecule has 0 bridgehead atoms. The van der Waals surface area contributed by atoms with E-state index in [1.807, 2.05) is 38.1 Å². The van der Waals surface area contributed by atoms with Gasteiger partial charge in [-0.2, -0.15) is 0 Å². The van der Waals surface area contributed by atoms with E-state index in [9.17, 15) is 14.4 Å². The zero-order valence-electron chi connectivity index (χ0n) is 15.9. The maximum absolute atomic E-state index is 12.6. The minimum absolute atomic E-state index is 0.0219. The van der Waals surface area contributed by atoms with Crippen LogP contribution in [0.3, 0.4) is 0 Å². The second-order valence-corrected chi connectivity index (χ2v) is 7.16. The molecule has 0 aliphatic carbocycles. The SMILES string of the molecule is CCCN1C(=O)N[C@H](CC(=O)N2CCC(Oc3ccccc3C)CC2)C1=O. The molecule has 1 aromatic rings. The summed E-state index contributed by atoms with van der Waals surface area (Å²) in [6, 6.07) is 6.78. The zero-order valence-corrected chi connectivity index (χ0v) is 15.9. The van der Waals surface area contributed by atoms with E-state index in [4.69, 9.17) is 4.74 Å². The summed E-state index contributed by atoms with van der Waals surface area (Å²) in [6.45, 7) is 5.51. The molecule has 146 valence electrons. The highest BCUT2D eigenvalue weighted by atomic mass is 16.5. The molecule has 7 heteroatoms. The van der Waals surface area contributed by atoms with Gasteiger partial charge in [-0.3, -0.25) is 14.5 Å². The molecule has 2 heterocycles. The first-order valence-corrected chi connectivity index (χ1v) is 9.61. The lowest BCUT2D eigenvalue weighted by molar-refractivity contribution is -0.137. The second kappa shape index (κ2) is 8.41. The van der Waals surface area contributed by atoms with Crippen LogP contribution in [0.2, 0.25) is 0 Å². The van der Waals surface area contributed by atoms with Crippen molar-refractivity contribution < 1.29 is 19.1 Å². The molecule has 1 N–H and O–H groups in total. The largest absolute Gasteiger partial charge is 0.490 e. The number of carbonyl (C=O) groups excluding carboxylic acids is 3. The fourth-order valence-electron chi connectivity index (χ4n) is 3.55. The van der Waals surface area contributed by atoms with E-state index in [-0.39, 0.29) is 24.3 Å². The topological polar surface area (TPSA) is 79.0 Å². The van der Waals surface area contributed by atoms with Gasteiger partial charge in [-0.15, -0.1) is 0 Å². The maximum atomic E-state index is 12.6. The first kappa shape index (κ1) is 19.2. The molecule has 1 aromatic carbocycles. The summed E-state index contributed by atoms with van der Waals surface area (Å²) in [5.41, 5.74) is 1.10. The molecule has 0 aromatic heterocycles. The summed E-state index contributed by atoms with van der Waals surface area (Å²) in [4.78, 5) is 39.6. The third-order valence-electron chi connectivity index (χ3n) is 5.11. The summed E-state index contributed by atoms with van der Waals surface area (Å²) in [7, 11) is 0. The molecular formula is C20H27N3O4. The highest BCUT2D eigenvalue weighted by Crippen LogP contribution is 2.23. The summed E-state index contributed by atoms with van der Waals surface area (Å²) in [5, 5.41) is 2.62. The Labute approximate surface area is 159 Å². The van der Waals surface area contributed by atoms with Gasteiger partial charge < -0.3 is 15.0 Å². The molecule has 4 amide bonds. The third kappa shape index (κ3) is 4.40. The Morgan fingerprint density at radius 3 is 2.59 bits per heavy atom. The quantitative estimate of drug-likeness (QED) is 0.775. The molecular weight excluding hydrogens is 346 g/mol. The Balaban J connectivity index is 1.48. The predicted octanol–water partition coefficient (Wildman–Crippen LogP) is 2.09. The third-order valence-corrected chi connectivity index (χ3v) is 5.11. The molecule has 0 spiro atoms. The molecule has 2 aliphatic rings. The van der Waals surface area contributed by atoms with Crippen LogP contribution in [0.25, 0.3) is 0 Å². The smallest absolute Gasteiger partial charge is 0.324 e. The molecule has 0 unspecified atom stereocenters. The fourth-order valence-corrected chi connectivity index (χ4v) is 3.55. The summed E-state index contributed by atoms with van der Waals surface area (Å²) in [6.07, 6.45) is 2.32. The number of nitrogens with zero attached hydrogens (tertiary/aromatic N) is 2. The first-order valence-electron chi connectivity index (χ1n) is 9.61. The van der Waals surface area contributed by atoms with Gasteiger partial charge in [0.2, 0.25) is 5.91 Å². The normalized spacial score (nSPS) is 20.7. The second-order valence-electron chi connectivity index (χ2n) is 7.16. The Kier molecular flexibility index (Phi) is 5.98. The molecule has 0 saturated carbocycles. The number of likely N-dealkylation sites (tertiary alicyclic amines) is 1. The minimum Gasteiger partial charge on any atom is -0.490 e. The van der Waals surface area contributed by atoms with E-state index in [0.29, 0.717) is 26.1 Å². The van der Waals surface area contributed by atoms with Gasteiger partial charge in [-0.25, -0.2) is 4.79 Å². The number of benzene rings is 1. The summed E-state index contributed by atoms with van der Waals surface area (Å²) in [5.74, 6) is 0.492. The van der Waals surface area contributed by atoms with Crippen LogP contribution >= 0.6 is 0 Å². The van der Waals surface area contributed by atoms with E-state index >= 15 is 0 Å². The van der Waals surface area contributed by atoms with Crippen molar-refractivity contribution in [1.82, 2.24) is 15.1 Å². The molecule has 2 aliphatic heterocycles. The van der Waals surface area contributed by atoms with E-state index in [1.165, 1.54) is 4.90 Å². The number of aryl methyl sites for hydroxylation is 1. The van der Waals surface area contributed by atoms with Crippen LogP contribution in [0.15, 0.2) is 24.3 Å². The standard InChI is InChI=1S/C20H27N3O4/c1-3-10-23-19(25)16(21-20(23)26)13-18(24)22-11-8-15(9-12-22)27-17-7-5-4-6-14(17)2/h4-7,15-16H,3,8-13H2,1-2H3,(H,21,26)/t16-/m1/s1. The van der Waals surface area contributed by atoms with Crippen LogP contribution in [-0.2, 0) is 9.59 Å². The molecule has 2 saturated heterocycles. The Morgan fingerprint density at radius 1 is 1.22 bits per heavy atom. The number of para-hydroxylation sites is 1. The van der Waals surface area contributed by atoms with Crippen molar-refractivity contribution in [2.75, 3.05) is 19.6 Å². The molecule has 3 rings (SSSR count). The van der Waals surface area contributed by atoms with Gasteiger partial charge >= 0.3 is 6.03 Å². The van der Waals surface area contributed by atoms with Gasteiger partial charge in [0.25, 0.3) is 5.91 Å². The molecule has 7 nitrogen and oxygen atoms in total. The van der Waals surface area contributed by atoms with Crippen molar-refractivity contribution >= 4 is 17.8 Å². The van der Waals surface area contributed by atoms with Crippen LogP contribution in [0.5, 0.6) is 5.75 Å². The van der Waals surface area contributed by atoms with Gasteiger partial charge in [0.1, 0.15) is 17.9 Å². The number of nitrogens with one attached hydrogen (secondary N) is 1. The summed E-state index contributed by atoms with van der Waals surface area (Å²) < 4.78 is 6.06. The average Bonchev–Trinajstić information content (AvgIpc) is 2.92. The molecule has 27 heavy (non-hydrogen) atoms. The average molecular weight is 373 g/mol. The monoisotopic (exact) mass is 373 g/mol. The number of urea groups is 1. The number of piperidine rings is 1. The van der Waals surface area contributed by atoms with Crippen molar-refractivity contribution in [1.29, 1.82) is 0 Å². The van der Waals surface area contributed by atoms with Gasteiger partial charge in [0, 0.05) is 32.5 Å². The Morgan fingerprint density at radius 2 is 1.93 bits per heavy atom. The van der Waals surface area contributed by atoms with E-state index in [2.05, 4.69) is 5.32 Å². The Bertz CT molecular complexity index is 713. The van der Waals surface area contributed by atoms with Crippen molar-refractivity contribution in [2.24, 2.45) is 0 Å². The van der Waals surface area contributed by atoms with Crippen LogP contribution in [0, 0.1) is 6.92 Å². The van der Waals surface area contributed by atoms with Crippen molar-refractivity contribution in [3.63, 3.8) is 0 Å². The van der Waals surface area contributed by atoms with Crippen LogP contribution in [-0.4, -0.2) is 59.4 Å². The van der Waals surface area contributed by atoms with Crippen molar-refractivity contribution in [2.45, 2.75) is 51.7 Å². The number of imide groups is 1. The number of carbonyl (C=O) groups is 3. The summed E-state index contributed by atoms with van der Waals surface area (Å²) >= 11 is 0. The fraction of sp³-hybridized carbons (Fsp3) is 0.550. The molecule has 1 atom stereocenters. The first-order chi connectivity index (χ1) is 13.0. The van der Waals surface area contributed by atoms with Gasteiger partial charge in [0.05, 0.1) is 6.42 Å². The van der Waals surface area contributed by atoms with Crippen molar-refractivity contribution in [3.05, 3.63) is 29.8 Å². The lowest BCUT2D eigenvalue weighted by Gasteiger charge is -2.33. The molecule has 0 radical (unpaired) electrons. The van der Waals surface area contributed by atoms with E-state index in [1.54, 1.807) is 4.90 Å². The number of ether oxygens (including phenoxy) is 1. The van der Waals surface area contributed by atoms with E-state index in [0.717, 1.165) is 24.2 Å². The zero-order chi connectivity index (χ0) is 19.4. The van der Waals surface area contributed by atoms with Gasteiger partial charge in [0.15, 0.2) is 0 Å². The molecule has 2 fully saturated rings. The van der Waals surface area contributed by atoms with Gasteiger partial charge in [-0.05, 0) is 25.0 Å². The van der Waals surface area contributed by atoms with Crippen molar-refractivity contribution in [3.8, 4) is 5.75 Å². The lowest BCUT2D eigenvalue weighted by Crippen LogP contribution is -2.44. The van der Waals surface area contributed by atoms with Gasteiger partial charge in [-0.1, -0.05) is 25.1 Å². The maximum Gasteiger partial charge on any atom is 0.324 e. The van der Waals surface area contributed by atoms with Crippen LogP contribution in [0.1, 0.15) is 38.2 Å². The minimum atomic E-state index is -0.738.